The molecule has 4 nitrogen and oxygen atoms in total. The van der Waals surface area contributed by atoms with Gasteiger partial charge in [-0.25, -0.2) is 0 Å². The van der Waals surface area contributed by atoms with E-state index >= 15 is 0 Å². The number of carbonyl (C=O) groups excluding carboxylic acids is 2. The Kier molecular flexibility index (Phi) is 6.01. The topological polar surface area (TPSA) is 52.6 Å². The normalized spacial score (nSPS) is 10.0. The van der Waals surface area contributed by atoms with Crippen LogP contribution in [0, 0.1) is 0 Å². The van der Waals surface area contributed by atoms with Gasteiger partial charge in [0, 0.05) is 0 Å². The summed E-state index contributed by atoms with van der Waals surface area (Å²) >= 11 is 9.41. The zero-order valence-corrected chi connectivity index (χ0v) is 15.9. The summed E-state index contributed by atoms with van der Waals surface area (Å²) in [6, 6.07) is 13.0. The van der Waals surface area contributed by atoms with Crippen LogP contribution in [-0.2, 0) is 5.37 Å². The zero-order chi connectivity index (χ0) is 15.2. The molecular weight excluding hydrogens is 510 g/mol. The third-order valence-electron chi connectivity index (χ3n) is 2.46. The molecule has 0 aromatic heterocycles. The van der Waals surface area contributed by atoms with Crippen LogP contribution in [0.15, 0.2) is 48.5 Å². The van der Waals surface area contributed by atoms with Gasteiger partial charge in [0.1, 0.15) is 0 Å². The van der Waals surface area contributed by atoms with E-state index in [4.69, 9.17) is 28.6 Å². The molecule has 0 amide bonds. The molecule has 7 heteroatoms. The first-order valence-electron chi connectivity index (χ1n) is 5.76. The van der Waals surface area contributed by atoms with E-state index in [1.165, 1.54) is 0 Å². The van der Waals surface area contributed by atoms with Crippen LogP contribution in [0.4, 0.5) is 0 Å². The van der Waals surface area contributed by atoms with Crippen LogP contribution in [-0.4, -0.2) is 37.1 Å². The Morgan fingerprint density at radius 2 is 1.14 bits per heavy atom. The number of halogens is 2. The number of hydrogen-bond donors (Lipinski definition) is 0. The second kappa shape index (κ2) is 7.77. The molecule has 21 heavy (non-hydrogen) atoms. The van der Waals surface area contributed by atoms with Crippen molar-refractivity contribution < 1.29 is 15.0 Å². The Hall–Kier alpha value is -1.12. The van der Waals surface area contributed by atoms with Crippen LogP contribution in [0.2, 0.25) is 10.0 Å². The fourth-order valence-electron chi connectivity index (χ4n) is 1.46. The summed E-state index contributed by atoms with van der Waals surface area (Å²) in [4.78, 5) is 23.6. The predicted molar refractivity (Wildman–Crippen MR) is 79.5 cm³/mol. The molecule has 0 heterocycles. The van der Waals surface area contributed by atoms with Crippen LogP contribution in [0.25, 0.3) is 0 Å². The third kappa shape index (κ3) is 4.42. The molecule has 0 aliphatic carbocycles. The molecule has 0 saturated heterocycles. The Labute approximate surface area is 144 Å². The fraction of sp³-hybridized carbons (Fsp3) is 0. The van der Waals surface area contributed by atoms with Gasteiger partial charge >= 0.3 is 145 Å². The summed E-state index contributed by atoms with van der Waals surface area (Å²) < 4.78 is 10.1. The third-order valence-corrected chi connectivity index (χ3v) is 5.20. The van der Waals surface area contributed by atoms with Gasteiger partial charge in [-0.05, 0) is 0 Å². The summed E-state index contributed by atoms with van der Waals surface area (Å²) in [6.45, 7) is 0. The molecule has 0 aliphatic heterocycles. The van der Waals surface area contributed by atoms with Gasteiger partial charge in [0.2, 0.25) is 0 Å². The second-order valence-corrected chi connectivity index (χ2v) is 6.87. The summed E-state index contributed by atoms with van der Waals surface area (Å²) in [5.41, 5.74) is 0.501. The Morgan fingerprint density at radius 1 is 0.762 bits per heavy atom. The van der Waals surface area contributed by atoms with Crippen LogP contribution in [0.5, 0.6) is 0 Å². The van der Waals surface area contributed by atoms with E-state index in [1.807, 2.05) is 0 Å². The number of carbonyl (C=O) groups is 2. The Morgan fingerprint density at radius 3 is 1.52 bits per heavy atom. The van der Waals surface area contributed by atoms with E-state index in [0.29, 0.717) is 10.0 Å². The molecule has 2 aromatic carbocycles. The second-order valence-electron chi connectivity index (χ2n) is 3.82. The molecular formula is C14H8Cl2O4Pb. The summed E-state index contributed by atoms with van der Waals surface area (Å²) in [5, 5.41) is 0.590. The maximum atomic E-state index is 11.8. The van der Waals surface area contributed by atoms with E-state index in [9.17, 15) is 9.59 Å². The van der Waals surface area contributed by atoms with E-state index in [2.05, 4.69) is 0 Å². The van der Waals surface area contributed by atoms with E-state index < -0.39 is 37.1 Å². The van der Waals surface area contributed by atoms with Crippen molar-refractivity contribution in [3.8, 4) is 0 Å². The SMILES string of the molecule is O=C([O][Pb][O]C(=O)c1ccccc1Cl)c1ccccc1Cl. The summed E-state index contributed by atoms with van der Waals surface area (Å²) in [5.74, 6) is -1.17. The van der Waals surface area contributed by atoms with E-state index in [0.717, 1.165) is 0 Å². The van der Waals surface area contributed by atoms with Crippen molar-refractivity contribution >= 4 is 60.3 Å². The Balaban J connectivity index is 1.90. The van der Waals surface area contributed by atoms with Gasteiger partial charge in [-0.2, -0.15) is 0 Å². The maximum absolute atomic E-state index is 11.8. The average Bonchev–Trinajstić information content (AvgIpc) is 2.48. The predicted octanol–water partition coefficient (Wildman–Crippen LogP) is 3.54. The number of hydrogen-bond acceptors (Lipinski definition) is 4. The zero-order valence-electron chi connectivity index (χ0n) is 10.5. The van der Waals surface area contributed by atoms with Gasteiger partial charge in [-0.3, -0.25) is 0 Å². The van der Waals surface area contributed by atoms with Crippen molar-refractivity contribution in [2.24, 2.45) is 0 Å². The molecule has 2 radical (unpaired) electrons. The van der Waals surface area contributed by atoms with Gasteiger partial charge in [0.25, 0.3) is 0 Å². The number of benzene rings is 2. The van der Waals surface area contributed by atoms with Crippen LogP contribution < -0.4 is 0 Å². The van der Waals surface area contributed by atoms with Crippen molar-refractivity contribution in [3.63, 3.8) is 0 Å². The molecule has 0 spiro atoms. The molecule has 0 atom stereocenters. The first kappa shape index (κ1) is 16.3. The first-order chi connectivity index (χ1) is 10.1. The minimum absolute atomic E-state index is 0.250. The van der Waals surface area contributed by atoms with Crippen molar-refractivity contribution in [1.29, 1.82) is 0 Å². The molecule has 0 fully saturated rings. The molecule has 0 N–H and O–H groups in total. The van der Waals surface area contributed by atoms with E-state index in [1.54, 1.807) is 48.5 Å². The molecule has 0 unspecified atom stereocenters. The van der Waals surface area contributed by atoms with Gasteiger partial charge < -0.3 is 0 Å². The van der Waals surface area contributed by atoms with Gasteiger partial charge in [0.05, 0.1) is 0 Å². The average molecular weight is 518 g/mol. The fourth-order valence-corrected chi connectivity index (χ4v) is 3.49. The molecule has 0 saturated carbocycles. The molecule has 0 aliphatic rings. The molecule has 2 rings (SSSR count). The standard InChI is InChI=1S/2C7H5ClO2.Pb/c2*8-6-4-2-1-3-5(6)7(9)10;/h2*1-4H,(H,9,10);/q;;+2/p-2. The number of rotatable bonds is 4. The van der Waals surface area contributed by atoms with Gasteiger partial charge in [-0.1, -0.05) is 0 Å². The van der Waals surface area contributed by atoms with Gasteiger partial charge in [0.15, 0.2) is 0 Å². The summed E-state index contributed by atoms with van der Waals surface area (Å²) in [7, 11) is 0. The van der Waals surface area contributed by atoms with Crippen LogP contribution in [0.3, 0.4) is 0 Å². The monoisotopic (exact) mass is 518 g/mol. The van der Waals surface area contributed by atoms with E-state index in [-0.39, 0.29) is 11.1 Å². The quantitative estimate of drug-likeness (QED) is 0.582. The summed E-state index contributed by atoms with van der Waals surface area (Å²) in [6.07, 6.45) is 0. The first-order valence-corrected chi connectivity index (χ1v) is 9.69. The molecule has 106 valence electrons. The molecule has 2 aromatic rings. The van der Waals surface area contributed by atoms with Gasteiger partial charge in [-0.15, -0.1) is 0 Å². The van der Waals surface area contributed by atoms with Crippen molar-refractivity contribution in [1.82, 2.24) is 0 Å². The molecule has 0 bridgehead atoms. The van der Waals surface area contributed by atoms with Crippen LogP contribution in [0.1, 0.15) is 20.7 Å². The van der Waals surface area contributed by atoms with Crippen molar-refractivity contribution in [2.75, 3.05) is 0 Å². The minimum atomic E-state index is -2.34. The Bertz CT molecular complexity index is 618. The van der Waals surface area contributed by atoms with Crippen molar-refractivity contribution in [2.45, 2.75) is 0 Å². The van der Waals surface area contributed by atoms with Crippen molar-refractivity contribution in [3.05, 3.63) is 69.7 Å². The van der Waals surface area contributed by atoms with Crippen LogP contribution >= 0.6 is 23.2 Å².